The molecule has 0 spiro atoms. The third kappa shape index (κ3) is 2.39. The number of hydrogen-bond acceptors (Lipinski definition) is 6. The molecule has 0 bridgehead atoms. The maximum absolute atomic E-state index is 8.77. The van der Waals surface area contributed by atoms with Gasteiger partial charge in [-0.3, -0.25) is 0 Å². The van der Waals surface area contributed by atoms with Crippen molar-refractivity contribution in [1.82, 2.24) is 0 Å². The van der Waals surface area contributed by atoms with Crippen molar-refractivity contribution in [3.8, 4) is 0 Å². The number of azide groups is 1. The second kappa shape index (κ2) is 4.56. The van der Waals surface area contributed by atoms with E-state index in [0.29, 0.717) is 6.61 Å². The van der Waals surface area contributed by atoms with Gasteiger partial charge in [-0.2, -0.15) is 0 Å². The summed E-state index contributed by atoms with van der Waals surface area (Å²) in [5, 5.41) is 3.82. The van der Waals surface area contributed by atoms with Gasteiger partial charge in [-0.25, -0.2) is 0 Å². The molecule has 20 heavy (non-hydrogen) atoms. The molecule has 3 heterocycles. The second-order valence-electron chi connectivity index (χ2n) is 6.13. The lowest BCUT2D eigenvalue weighted by atomic mass is 10.0. The highest BCUT2D eigenvalue weighted by molar-refractivity contribution is 5.01. The highest BCUT2D eigenvalue weighted by atomic mass is 16.8. The first-order valence-electron chi connectivity index (χ1n) is 6.68. The van der Waals surface area contributed by atoms with E-state index in [2.05, 4.69) is 10.0 Å². The van der Waals surface area contributed by atoms with E-state index in [-0.39, 0.29) is 6.10 Å². The Balaban J connectivity index is 1.78. The summed E-state index contributed by atoms with van der Waals surface area (Å²) in [5.41, 5.74) is 8.77. The van der Waals surface area contributed by atoms with Crippen molar-refractivity contribution in [3.63, 3.8) is 0 Å². The van der Waals surface area contributed by atoms with E-state index < -0.39 is 36.1 Å². The number of rotatable bonds is 2. The molecule has 0 aliphatic carbocycles. The van der Waals surface area contributed by atoms with Crippen LogP contribution in [0.25, 0.3) is 10.4 Å². The molecule has 5 atom stereocenters. The minimum Gasteiger partial charge on any atom is -0.348 e. The van der Waals surface area contributed by atoms with Crippen molar-refractivity contribution >= 4 is 0 Å². The molecule has 8 nitrogen and oxygen atoms in total. The largest absolute Gasteiger partial charge is 0.348 e. The van der Waals surface area contributed by atoms with Gasteiger partial charge >= 0.3 is 0 Å². The zero-order chi connectivity index (χ0) is 14.5. The second-order valence-corrected chi connectivity index (χ2v) is 6.13. The lowest BCUT2D eigenvalue weighted by Gasteiger charge is -2.26. The van der Waals surface area contributed by atoms with Gasteiger partial charge in [-0.05, 0) is 33.2 Å². The van der Waals surface area contributed by atoms with Crippen LogP contribution < -0.4 is 0 Å². The van der Waals surface area contributed by atoms with Crippen LogP contribution in [0.3, 0.4) is 0 Å². The van der Waals surface area contributed by atoms with Gasteiger partial charge in [0.25, 0.3) is 0 Å². The summed E-state index contributed by atoms with van der Waals surface area (Å²) >= 11 is 0. The van der Waals surface area contributed by atoms with Crippen molar-refractivity contribution in [2.45, 2.75) is 69.9 Å². The minimum atomic E-state index is -0.740. The molecule has 3 rings (SSSR count). The SMILES string of the molecule is CC1(C)O[C@H]2O[C@@H]([C@H]3COC(C)(C)O3)[C@@H](N=[N+]=[N-])[C@@H]2O1. The molecular formula is C12H19N3O5. The van der Waals surface area contributed by atoms with Gasteiger partial charge in [0.2, 0.25) is 0 Å². The van der Waals surface area contributed by atoms with Crippen molar-refractivity contribution in [3.05, 3.63) is 10.4 Å². The lowest BCUT2D eigenvalue weighted by Crippen LogP contribution is -2.41. The Morgan fingerprint density at radius 3 is 2.40 bits per heavy atom. The van der Waals surface area contributed by atoms with Gasteiger partial charge in [0.1, 0.15) is 18.3 Å². The van der Waals surface area contributed by atoms with Crippen molar-refractivity contribution in [2.75, 3.05) is 6.61 Å². The summed E-state index contributed by atoms with van der Waals surface area (Å²) in [6.45, 7) is 7.66. The molecule has 0 unspecified atom stereocenters. The Labute approximate surface area is 116 Å². The van der Waals surface area contributed by atoms with Gasteiger partial charge < -0.3 is 23.7 Å². The molecule has 0 aromatic rings. The standard InChI is InChI=1S/C12H19N3O5/c1-11(2)16-5-6(18-11)8-7(14-15-13)9-10(17-8)20-12(3,4)19-9/h6-10H,5H2,1-4H3/t6-,7-,8+,9+,10-/m1/s1. The molecule has 0 saturated carbocycles. The predicted molar refractivity (Wildman–Crippen MR) is 66.5 cm³/mol. The van der Waals surface area contributed by atoms with E-state index >= 15 is 0 Å². The summed E-state index contributed by atoms with van der Waals surface area (Å²) in [6.07, 6.45) is -1.70. The van der Waals surface area contributed by atoms with Crippen LogP contribution in [-0.2, 0) is 23.7 Å². The molecule has 112 valence electrons. The van der Waals surface area contributed by atoms with Crippen LogP contribution in [0.4, 0.5) is 0 Å². The van der Waals surface area contributed by atoms with Crippen LogP contribution in [0.15, 0.2) is 5.11 Å². The molecule has 0 amide bonds. The molecule has 0 aromatic heterocycles. The third-order valence-corrected chi connectivity index (χ3v) is 3.63. The first-order chi connectivity index (χ1) is 9.31. The van der Waals surface area contributed by atoms with Crippen LogP contribution >= 0.6 is 0 Å². The zero-order valence-electron chi connectivity index (χ0n) is 12.0. The predicted octanol–water partition coefficient (Wildman–Crippen LogP) is 1.69. The Hall–Kier alpha value is -0.890. The van der Waals surface area contributed by atoms with Gasteiger partial charge in [-0.1, -0.05) is 5.11 Å². The number of ether oxygens (including phenoxy) is 5. The smallest absolute Gasteiger partial charge is 0.188 e. The van der Waals surface area contributed by atoms with E-state index in [4.69, 9.17) is 29.2 Å². The first-order valence-corrected chi connectivity index (χ1v) is 6.68. The molecule has 0 radical (unpaired) electrons. The molecule has 0 N–H and O–H groups in total. The summed E-state index contributed by atoms with van der Waals surface area (Å²) in [7, 11) is 0. The number of fused-ring (bicyclic) bond motifs is 1. The molecule has 3 saturated heterocycles. The fourth-order valence-corrected chi connectivity index (χ4v) is 2.89. The van der Waals surface area contributed by atoms with Crippen LogP contribution in [0, 0.1) is 0 Å². The molecule has 3 fully saturated rings. The molecular weight excluding hydrogens is 266 g/mol. The first kappa shape index (κ1) is 14.1. The van der Waals surface area contributed by atoms with E-state index in [9.17, 15) is 0 Å². The number of hydrogen-bond donors (Lipinski definition) is 0. The van der Waals surface area contributed by atoms with Gasteiger partial charge in [0, 0.05) is 4.91 Å². The highest BCUT2D eigenvalue weighted by Gasteiger charge is 2.57. The van der Waals surface area contributed by atoms with Crippen LogP contribution in [0.5, 0.6) is 0 Å². The Kier molecular flexibility index (Phi) is 3.20. The fourth-order valence-electron chi connectivity index (χ4n) is 2.89. The summed E-state index contributed by atoms with van der Waals surface area (Å²) in [6, 6.07) is -0.491. The molecule has 8 heteroatoms. The lowest BCUT2D eigenvalue weighted by molar-refractivity contribution is -0.222. The highest BCUT2D eigenvalue weighted by Crippen LogP contribution is 2.41. The van der Waals surface area contributed by atoms with Crippen molar-refractivity contribution in [1.29, 1.82) is 0 Å². The van der Waals surface area contributed by atoms with E-state index in [1.807, 2.05) is 13.8 Å². The minimum absolute atomic E-state index is 0.304. The monoisotopic (exact) mass is 285 g/mol. The van der Waals surface area contributed by atoms with E-state index in [1.54, 1.807) is 13.8 Å². The van der Waals surface area contributed by atoms with Gasteiger partial charge in [0.05, 0.1) is 12.6 Å². The topological polar surface area (TPSA) is 94.9 Å². The van der Waals surface area contributed by atoms with Crippen molar-refractivity contribution < 1.29 is 23.7 Å². The third-order valence-electron chi connectivity index (χ3n) is 3.63. The van der Waals surface area contributed by atoms with E-state index in [1.165, 1.54) is 0 Å². The maximum Gasteiger partial charge on any atom is 0.188 e. The van der Waals surface area contributed by atoms with Gasteiger partial charge in [0.15, 0.2) is 17.9 Å². The van der Waals surface area contributed by atoms with E-state index in [0.717, 1.165) is 0 Å². The van der Waals surface area contributed by atoms with Gasteiger partial charge in [-0.15, -0.1) is 0 Å². The molecule has 3 aliphatic rings. The van der Waals surface area contributed by atoms with Crippen LogP contribution in [0.2, 0.25) is 0 Å². The fraction of sp³-hybridized carbons (Fsp3) is 1.00. The van der Waals surface area contributed by atoms with Crippen molar-refractivity contribution in [2.24, 2.45) is 5.11 Å². The Morgan fingerprint density at radius 2 is 1.80 bits per heavy atom. The van der Waals surface area contributed by atoms with Crippen LogP contribution in [0.1, 0.15) is 27.7 Å². The van der Waals surface area contributed by atoms with Crippen LogP contribution in [-0.4, -0.2) is 48.8 Å². The quantitative estimate of drug-likeness (QED) is 0.437. The summed E-state index contributed by atoms with van der Waals surface area (Å²) < 4.78 is 28.6. The maximum atomic E-state index is 8.77. The molecule has 0 aromatic carbocycles. The molecule has 3 aliphatic heterocycles. The normalized spacial score (nSPS) is 45.1. The summed E-state index contributed by atoms with van der Waals surface area (Å²) in [5.74, 6) is -1.40. The summed E-state index contributed by atoms with van der Waals surface area (Å²) in [4.78, 5) is 2.90. The average Bonchev–Trinajstić information content (AvgIpc) is 2.91. The average molecular weight is 285 g/mol. The Morgan fingerprint density at radius 1 is 1.05 bits per heavy atom. The Bertz CT molecular complexity index is 448. The number of nitrogens with zero attached hydrogens (tertiary/aromatic N) is 3. The zero-order valence-corrected chi connectivity index (χ0v) is 12.0.